The van der Waals surface area contributed by atoms with E-state index >= 15 is 0 Å². The van der Waals surface area contributed by atoms with Gasteiger partial charge in [0.25, 0.3) is 5.91 Å². The highest BCUT2D eigenvalue weighted by molar-refractivity contribution is 5.84. The number of ether oxygens (including phenoxy) is 1. The van der Waals surface area contributed by atoms with Crippen LogP contribution in [0.3, 0.4) is 0 Å². The molecular formula is C12H22N2O2. The first kappa shape index (κ1) is 13.2. The zero-order chi connectivity index (χ0) is 12.0. The molecular weight excluding hydrogens is 204 g/mol. The predicted molar refractivity (Wildman–Crippen MR) is 64.3 cm³/mol. The molecule has 0 bridgehead atoms. The van der Waals surface area contributed by atoms with E-state index in [4.69, 9.17) is 4.74 Å². The number of rotatable bonds is 5. The second-order valence-electron chi connectivity index (χ2n) is 4.54. The van der Waals surface area contributed by atoms with E-state index in [1.807, 2.05) is 0 Å². The highest BCUT2D eigenvalue weighted by Crippen LogP contribution is 2.10. The average Bonchev–Trinajstić information content (AvgIpc) is 2.30. The summed E-state index contributed by atoms with van der Waals surface area (Å²) in [4.78, 5) is 11.7. The van der Waals surface area contributed by atoms with Crippen molar-refractivity contribution in [2.75, 3.05) is 26.7 Å². The fraction of sp³-hybridized carbons (Fsp3) is 0.750. The number of hydrogen-bond acceptors (Lipinski definition) is 3. The number of carbonyl (C=O) groups is 1. The molecule has 0 fully saturated rings. The van der Waals surface area contributed by atoms with Crippen LogP contribution >= 0.6 is 0 Å². The largest absolute Gasteiger partial charge is 0.369 e. The topological polar surface area (TPSA) is 50.4 Å². The molecule has 4 nitrogen and oxygen atoms in total. The molecule has 1 amide bonds. The van der Waals surface area contributed by atoms with Gasteiger partial charge >= 0.3 is 0 Å². The van der Waals surface area contributed by atoms with Gasteiger partial charge in [0.15, 0.2) is 0 Å². The predicted octanol–water partition coefficient (Wildman–Crippen LogP) is 0.837. The summed E-state index contributed by atoms with van der Waals surface area (Å²) in [5.74, 6) is -0.0514. The highest BCUT2D eigenvalue weighted by atomic mass is 16.5. The second-order valence-corrected chi connectivity index (χ2v) is 4.54. The number of carbonyl (C=O) groups excluding carboxylic acids is 1. The van der Waals surface area contributed by atoms with Crippen molar-refractivity contribution in [3.63, 3.8) is 0 Å². The molecule has 0 aromatic heterocycles. The summed E-state index contributed by atoms with van der Waals surface area (Å²) in [5.41, 5.74) is 0.692. The van der Waals surface area contributed by atoms with Gasteiger partial charge in [0, 0.05) is 20.2 Å². The van der Waals surface area contributed by atoms with Crippen molar-refractivity contribution in [1.29, 1.82) is 0 Å². The lowest BCUT2D eigenvalue weighted by Crippen LogP contribution is -2.44. The molecule has 0 spiro atoms. The Kier molecular flexibility index (Phi) is 4.96. The molecule has 0 aromatic carbocycles. The summed E-state index contributed by atoms with van der Waals surface area (Å²) in [6.07, 6.45) is 4.23. The summed E-state index contributed by atoms with van der Waals surface area (Å²) in [6.45, 7) is 6.23. The lowest BCUT2D eigenvalue weighted by atomic mass is 10.1. The van der Waals surface area contributed by atoms with Gasteiger partial charge in [-0.05, 0) is 33.2 Å². The van der Waals surface area contributed by atoms with Gasteiger partial charge in [-0.25, -0.2) is 0 Å². The third-order valence-corrected chi connectivity index (χ3v) is 2.95. The second kappa shape index (κ2) is 6.01. The maximum Gasteiger partial charge on any atom is 0.251 e. The Morgan fingerprint density at radius 1 is 1.62 bits per heavy atom. The van der Waals surface area contributed by atoms with Crippen molar-refractivity contribution in [3.05, 3.63) is 11.6 Å². The van der Waals surface area contributed by atoms with Gasteiger partial charge in [0.1, 0.15) is 5.60 Å². The van der Waals surface area contributed by atoms with Gasteiger partial charge < -0.3 is 15.4 Å². The van der Waals surface area contributed by atoms with E-state index in [2.05, 4.69) is 16.7 Å². The van der Waals surface area contributed by atoms with Crippen molar-refractivity contribution >= 4 is 5.91 Å². The van der Waals surface area contributed by atoms with Gasteiger partial charge in [0.05, 0.1) is 0 Å². The normalized spacial score (nSPS) is 16.8. The Morgan fingerprint density at radius 2 is 2.38 bits per heavy atom. The molecule has 4 heteroatoms. The summed E-state index contributed by atoms with van der Waals surface area (Å²) >= 11 is 0. The van der Waals surface area contributed by atoms with Crippen LogP contribution in [0.1, 0.15) is 26.7 Å². The first-order chi connectivity index (χ1) is 7.56. The van der Waals surface area contributed by atoms with Crippen molar-refractivity contribution < 1.29 is 9.53 Å². The molecule has 0 radical (unpaired) electrons. The van der Waals surface area contributed by atoms with Gasteiger partial charge in [-0.15, -0.1) is 0 Å². The average molecular weight is 226 g/mol. The van der Waals surface area contributed by atoms with Crippen LogP contribution in [0, 0.1) is 0 Å². The van der Waals surface area contributed by atoms with Crippen LogP contribution in [0.4, 0.5) is 0 Å². The van der Waals surface area contributed by atoms with Gasteiger partial charge in [-0.2, -0.15) is 0 Å². The summed E-state index contributed by atoms with van der Waals surface area (Å²) < 4.78 is 5.11. The third-order valence-electron chi connectivity index (χ3n) is 2.95. The van der Waals surface area contributed by atoms with Crippen LogP contribution < -0.4 is 10.6 Å². The molecule has 16 heavy (non-hydrogen) atoms. The fourth-order valence-corrected chi connectivity index (χ4v) is 1.54. The Labute approximate surface area is 97.4 Å². The van der Waals surface area contributed by atoms with E-state index in [9.17, 15) is 4.79 Å². The van der Waals surface area contributed by atoms with Crippen LogP contribution in [0.15, 0.2) is 11.6 Å². The Morgan fingerprint density at radius 3 is 2.94 bits per heavy atom. The molecule has 0 saturated heterocycles. The summed E-state index contributed by atoms with van der Waals surface area (Å²) in [6, 6.07) is 0. The zero-order valence-electron chi connectivity index (χ0n) is 10.4. The van der Waals surface area contributed by atoms with Gasteiger partial charge in [-0.3, -0.25) is 4.79 Å². The zero-order valence-corrected chi connectivity index (χ0v) is 10.4. The van der Waals surface area contributed by atoms with Crippen LogP contribution in [0.5, 0.6) is 0 Å². The molecule has 1 rings (SSSR count). The first-order valence-corrected chi connectivity index (χ1v) is 5.78. The minimum absolute atomic E-state index is 0.0514. The van der Waals surface area contributed by atoms with Gasteiger partial charge in [-0.1, -0.05) is 11.6 Å². The summed E-state index contributed by atoms with van der Waals surface area (Å²) in [7, 11) is 1.55. The SMILES string of the molecule is COC(C)(C)C(=O)NCCC1=CCNCC1. The van der Waals surface area contributed by atoms with E-state index in [-0.39, 0.29) is 5.91 Å². The van der Waals surface area contributed by atoms with Crippen molar-refractivity contribution in [2.24, 2.45) is 0 Å². The molecule has 2 N–H and O–H groups in total. The number of amides is 1. The molecule has 0 aromatic rings. The van der Waals surface area contributed by atoms with Crippen LogP contribution in [-0.2, 0) is 9.53 Å². The number of hydrogen-bond donors (Lipinski definition) is 2. The smallest absolute Gasteiger partial charge is 0.251 e. The standard InChI is InChI=1S/C12H22N2O2/c1-12(2,16-3)11(15)14-9-6-10-4-7-13-8-5-10/h4,13H,5-9H2,1-3H3,(H,14,15). The van der Waals surface area contributed by atoms with E-state index in [1.54, 1.807) is 21.0 Å². The highest BCUT2D eigenvalue weighted by Gasteiger charge is 2.26. The van der Waals surface area contributed by atoms with Crippen LogP contribution in [-0.4, -0.2) is 38.3 Å². The molecule has 1 heterocycles. The van der Waals surface area contributed by atoms with Crippen LogP contribution in [0.2, 0.25) is 0 Å². The number of methoxy groups -OCH3 is 1. The van der Waals surface area contributed by atoms with E-state index in [0.717, 1.165) is 25.9 Å². The first-order valence-electron chi connectivity index (χ1n) is 5.78. The van der Waals surface area contributed by atoms with E-state index in [1.165, 1.54) is 5.57 Å². The molecule has 1 aliphatic rings. The molecule has 0 atom stereocenters. The lowest BCUT2D eigenvalue weighted by Gasteiger charge is -2.22. The maximum atomic E-state index is 11.7. The molecule has 0 unspecified atom stereocenters. The Balaban J connectivity index is 2.25. The lowest BCUT2D eigenvalue weighted by molar-refractivity contribution is -0.139. The molecule has 1 aliphatic heterocycles. The molecule has 92 valence electrons. The Hall–Kier alpha value is -0.870. The van der Waals surface area contributed by atoms with E-state index in [0.29, 0.717) is 6.54 Å². The number of nitrogens with one attached hydrogen (secondary N) is 2. The van der Waals surface area contributed by atoms with Crippen molar-refractivity contribution in [3.8, 4) is 0 Å². The third kappa shape index (κ3) is 3.94. The monoisotopic (exact) mass is 226 g/mol. The van der Waals surface area contributed by atoms with Crippen molar-refractivity contribution in [2.45, 2.75) is 32.3 Å². The minimum Gasteiger partial charge on any atom is -0.369 e. The summed E-state index contributed by atoms with van der Waals surface area (Å²) in [5, 5.41) is 6.16. The molecule has 0 aliphatic carbocycles. The van der Waals surface area contributed by atoms with Gasteiger partial charge in [0.2, 0.25) is 0 Å². The van der Waals surface area contributed by atoms with E-state index < -0.39 is 5.60 Å². The quantitative estimate of drug-likeness (QED) is 0.683. The fourth-order valence-electron chi connectivity index (χ4n) is 1.54. The van der Waals surface area contributed by atoms with Crippen LogP contribution in [0.25, 0.3) is 0 Å². The minimum atomic E-state index is -0.734. The van der Waals surface area contributed by atoms with Crippen molar-refractivity contribution in [1.82, 2.24) is 10.6 Å². The maximum absolute atomic E-state index is 11.7. The Bertz CT molecular complexity index is 272. The molecule has 0 saturated carbocycles.